The fraction of sp³-hybridized carbons (Fsp3) is 0.286. The number of hydrogen-bond donors (Lipinski definition) is 1. The Hall–Kier alpha value is -2.35. The Balaban J connectivity index is 2.10. The number of rotatable bonds is 3. The maximum atomic E-state index is 13.6. The molecule has 1 aliphatic heterocycles. The molecule has 19 heavy (non-hydrogen) atoms. The zero-order chi connectivity index (χ0) is 13.8. The summed E-state index contributed by atoms with van der Waals surface area (Å²) in [5.74, 6) is 0.806. The second kappa shape index (κ2) is 5.53. The summed E-state index contributed by atoms with van der Waals surface area (Å²) in [4.78, 5) is 24.9. The molecule has 2 rings (SSSR count). The quantitative estimate of drug-likeness (QED) is 0.822. The summed E-state index contributed by atoms with van der Waals surface area (Å²) in [6, 6.07) is 6.01. The van der Waals surface area contributed by atoms with E-state index in [0.29, 0.717) is 0 Å². The van der Waals surface area contributed by atoms with E-state index >= 15 is 0 Å². The third-order valence-electron chi connectivity index (χ3n) is 3.00. The number of carbonyl (C=O) groups is 2. The molecule has 2 amide bonds. The Morgan fingerprint density at radius 3 is 2.95 bits per heavy atom. The molecule has 1 aliphatic rings. The third-order valence-corrected chi connectivity index (χ3v) is 3.00. The lowest BCUT2D eigenvalue weighted by atomic mass is 10.1. The SMILES string of the molecule is C#CCNC(=O)C1CC(=O)N(c2ccccc2F)C1. The highest BCUT2D eigenvalue weighted by Crippen LogP contribution is 2.27. The summed E-state index contributed by atoms with van der Waals surface area (Å²) >= 11 is 0. The number of para-hydroxylation sites is 1. The van der Waals surface area contributed by atoms with Gasteiger partial charge in [-0.2, -0.15) is 0 Å². The van der Waals surface area contributed by atoms with E-state index in [-0.39, 0.29) is 37.0 Å². The first-order valence-electron chi connectivity index (χ1n) is 5.89. The van der Waals surface area contributed by atoms with Crippen LogP contribution in [0.2, 0.25) is 0 Å². The Kier molecular flexibility index (Phi) is 3.81. The highest BCUT2D eigenvalue weighted by atomic mass is 19.1. The molecule has 1 saturated heterocycles. The molecule has 1 fully saturated rings. The van der Waals surface area contributed by atoms with Crippen molar-refractivity contribution in [2.75, 3.05) is 18.0 Å². The molecule has 1 unspecified atom stereocenters. The number of benzene rings is 1. The zero-order valence-corrected chi connectivity index (χ0v) is 10.2. The monoisotopic (exact) mass is 260 g/mol. The van der Waals surface area contributed by atoms with Gasteiger partial charge in [-0.3, -0.25) is 9.59 Å². The van der Waals surface area contributed by atoms with Crippen molar-refractivity contribution in [2.24, 2.45) is 5.92 Å². The Bertz CT molecular complexity index is 551. The summed E-state index contributed by atoms with van der Waals surface area (Å²) in [6.45, 7) is 0.305. The number of nitrogens with one attached hydrogen (secondary N) is 1. The van der Waals surface area contributed by atoms with Gasteiger partial charge < -0.3 is 10.2 Å². The molecule has 0 spiro atoms. The van der Waals surface area contributed by atoms with E-state index < -0.39 is 11.7 Å². The van der Waals surface area contributed by atoms with Gasteiger partial charge in [0, 0.05) is 13.0 Å². The smallest absolute Gasteiger partial charge is 0.227 e. The van der Waals surface area contributed by atoms with Crippen LogP contribution in [-0.2, 0) is 9.59 Å². The van der Waals surface area contributed by atoms with Crippen LogP contribution in [0, 0.1) is 24.1 Å². The van der Waals surface area contributed by atoms with Crippen molar-refractivity contribution < 1.29 is 14.0 Å². The van der Waals surface area contributed by atoms with Crippen molar-refractivity contribution >= 4 is 17.5 Å². The minimum Gasteiger partial charge on any atom is -0.345 e. The fourth-order valence-corrected chi connectivity index (χ4v) is 2.07. The molecule has 0 radical (unpaired) electrons. The van der Waals surface area contributed by atoms with Crippen molar-refractivity contribution in [2.45, 2.75) is 6.42 Å². The normalized spacial score (nSPS) is 18.2. The molecule has 0 aromatic heterocycles. The van der Waals surface area contributed by atoms with E-state index in [9.17, 15) is 14.0 Å². The molecule has 98 valence electrons. The van der Waals surface area contributed by atoms with Crippen LogP contribution in [0.5, 0.6) is 0 Å². The predicted octanol–water partition coefficient (Wildman–Crippen LogP) is 0.928. The van der Waals surface area contributed by atoms with Crippen LogP contribution in [0.3, 0.4) is 0 Å². The van der Waals surface area contributed by atoms with Crippen LogP contribution in [0.1, 0.15) is 6.42 Å². The number of nitrogens with zero attached hydrogens (tertiary/aromatic N) is 1. The van der Waals surface area contributed by atoms with Gasteiger partial charge in [-0.25, -0.2) is 4.39 Å². The minimum absolute atomic E-state index is 0.0741. The van der Waals surface area contributed by atoms with Gasteiger partial charge in [0.15, 0.2) is 0 Å². The van der Waals surface area contributed by atoms with Gasteiger partial charge in [0.05, 0.1) is 18.2 Å². The van der Waals surface area contributed by atoms with Gasteiger partial charge in [-0.05, 0) is 12.1 Å². The van der Waals surface area contributed by atoms with E-state index in [1.165, 1.54) is 17.0 Å². The van der Waals surface area contributed by atoms with Crippen LogP contribution < -0.4 is 10.2 Å². The summed E-state index contributed by atoms with van der Waals surface area (Å²) in [6.07, 6.45) is 5.12. The van der Waals surface area contributed by atoms with E-state index in [0.717, 1.165) is 0 Å². The van der Waals surface area contributed by atoms with E-state index in [2.05, 4.69) is 11.2 Å². The maximum Gasteiger partial charge on any atom is 0.227 e. The van der Waals surface area contributed by atoms with Crippen LogP contribution in [-0.4, -0.2) is 24.9 Å². The molecular weight excluding hydrogens is 247 g/mol. The first-order chi connectivity index (χ1) is 9.13. The average molecular weight is 260 g/mol. The Labute approximate surface area is 110 Å². The molecule has 0 aliphatic carbocycles. The van der Waals surface area contributed by atoms with Crippen molar-refractivity contribution in [1.29, 1.82) is 0 Å². The minimum atomic E-state index is -0.486. The third kappa shape index (κ3) is 2.74. The maximum absolute atomic E-state index is 13.6. The first-order valence-corrected chi connectivity index (χ1v) is 5.89. The van der Waals surface area contributed by atoms with E-state index in [4.69, 9.17) is 6.42 Å². The van der Waals surface area contributed by atoms with Crippen LogP contribution >= 0.6 is 0 Å². The van der Waals surface area contributed by atoms with Crippen molar-refractivity contribution in [3.8, 4) is 12.3 Å². The molecule has 4 nitrogen and oxygen atoms in total. The molecule has 1 atom stereocenters. The van der Waals surface area contributed by atoms with Gasteiger partial charge >= 0.3 is 0 Å². The van der Waals surface area contributed by atoms with Crippen molar-refractivity contribution in [1.82, 2.24) is 5.32 Å². The summed E-state index contributed by atoms with van der Waals surface area (Å²) in [5, 5.41) is 2.53. The number of carbonyl (C=O) groups excluding carboxylic acids is 2. The molecular formula is C14H13FN2O2. The molecule has 1 aromatic carbocycles. The van der Waals surface area contributed by atoms with Gasteiger partial charge in [0.25, 0.3) is 0 Å². The topological polar surface area (TPSA) is 49.4 Å². The number of hydrogen-bond acceptors (Lipinski definition) is 2. The molecule has 1 aromatic rings. The standard InChI is InChI=1S/C14H13FN2O2/c1-2-7-16-14(19)10-8-13(18)17(9-10)12-6-4-3-5-11(12)15/h1,3-6,10H,7-9H2,(H,16,19). The van der Waals surface area contributed by atoms with Gasteiger partial charge in [0.1, 0.15) is 5.82 Å². The second-order valence-electron chi connectivity index (χ2n) is 4.28. The summed E-state index contributed by atoms with van der Waals surface area (Å²) in [5.41, 5.74) is 0.208. The van der Waals surface area contributed by atoms with Crippen molar-refractivity contribution in [3.05, 3.63) is 30.1 Å². The van der Waals surface area contributed by atoms with Crippen LogP contribution in [0.15, 0.2) is 24.3 Å². The number of anilines is 1. The predicted molar refractivity (Wildman–Crippen MR) is 68.7 cm³/mol. The molecule has 1 heterocycles. The largest absolute Gasteiger partial charge is 0.345 e. The lowest BCUT2D eigenvalue weighted by Gasteiger charge is -2.17. The highest BCUT2D eigenvalue weighted by molar-refractivity contribution is 6.00. The summed E-state index contributed by atoms with van der Waals surface area (Å²) < 4.78 is 13.6. The van der Waals surface area contributed by atoms with Crippen LogP contribution in [0.4, 0.5) is 10.1 Å². The average Bonchev–Trinajstić information content (AvgIpc) is 2.78. The van der Waals surface area contributed by atoms with E-state index in [1.807, 2.05) is 0 Å². The van der Waals surface area contributed by atoms with Gasteiger partial charge in [-0.1, -0.05) is 18.1 Å². The Morgan fingerprint density at radius 2 is 2.26 bits per heavy atom. The Morgan fingerprint density at radius 1 is 1.53 bits per heavy atom. The first kappa shape index (κ1) is 13.1. The lowest BCUT2D eigenvalue weighted by molar-refractivity contribution is -0.126. The van der Waals surface area contributed by atoms with Gasteiger partial charge in [-0.15, -0.1) is 6.42 Å². The second-order valence-corrected chi connectivity index (χ2v) is 4.28. The highest BCUT2D eigenvalue weighted by Gasteiger charge is 2.35. The number of amides is 2. The zero-order valence-electron chi connectivity index (χ0n) is 10.2. The fourth-order valence-electron chi connectivity index (χ4n) is 2.07. The molecule has 5 heteroatoms. The van der Waals surface area contributed by atoms with Crippen LogP contribution in [0.25, 0.3) is 0 Å². The van der Waals surface area contributed by atoms with Gasteiger partial charge in [0.2, 0.25) is 11.8 Å². The molecule has 0 saturated carbocycles. The lowest BCUT2D eigenvalue weighted by Crippen LogP contribution is -2.33. The van der Waals surface area contributed by atoms with E-state index in [1.54, 1.807) is 12.1 Å². The molecule has 1 N–H and O–H groups in total. The molecule has 0 bridgehead atoms. The number of halogens is 1. The summed E-state index contributed by atoms with van der Waals surface area (Å²) in [7, 11) is 0. The number of terminal acetylenes is 1. The van der Waals surface area contributed by atoms with Crippen molar-refractivity contribution in [3.63, 3.8) is 0 Å².